The van der Waals surface area contributed by atoms with Crippen molar-refractivity contribution in [2.75, 3.05) is 0 Å². The summed E-state index contributed by atoms with van der Waals surface area (Å²) in [6.07, 6.45) is 25.8. The fourth-order valence-corrected chi connectivity index (χ4v) is 13.6. The summed E-state index contributed by atoms with van der Waals surface area (Å²) in [6, 6.07) is 32.8. The minimum absolute atomic E-state index is 0.178. The highest BCUT2D eigenvalue weighted by atomic mass is 35.5. The smallest absolute Gasteiger partial charge is 0.306 e. The Kier molecular flexibility index (Phi) is 19.4. The van der Waals surface area contributed by atoms with E-state index in [4.69, 9.17) is 37.4 Å². The molecule has 6 aromatic rings. The maximum Gasteiger partial charge on any atom is 0.306 e. The number of piperidine rings is 2. The quantitative estimate of drug-likeness (QED) is 0.108. The summed E-state index contributed by atoms with van der Waals surface area (Å²) >= 11 is 13.3. The third kappa shape index (κ3) is 13.9. The fourth-order valence-electron chi connectivity index (χ4n) is 13.0. The Morgan fingerprint density at radius 2 is 0.961 bits per heavy atom. The fraction of sp³-hybridized carbons (Fsp3) is 0.500. The molecule has 404 valence electrons. The number of hydrogen-bond donors (Lipinski definition) is 1. The Balaban J connectivity index is 0.000000145. The number of aldehydes is 2. The Bertz CT molecular complexity index is 2900. The first-order valence-corrected chi connectivity index (χ1v) is 29.6. The Labute approximate surface area is 461 Å². The second-order valence-electron chi connectivity index (χ2n) is 22.7. The second-order valence-corrected chi connectivity index (χ2v) is 23.5. The van der Waals surface area contributed by atoms with Crippen molar-refractivity contribution in [2.24, 2.45) is 23.7 Å². The molecule has 2 unspecified atom stereocenters. The van der Waals surface area contributed by atoms with Gasteiger partial charge in [0, 0.05) is 40.5 Å². The predicted octanol–water partition coefficient (Wildman–Crippen LogP) is 17.7. The molecule has 6 aromatic carbocycles. The topological polar surface area (TPSA) is 102 Å². The number of ether oxygens (including phenoxy) is 3. The number of rotatable bonds is 14. The number of fused-ring (bicyclic) bond motifs is 5. The lowest BCUT2D eigenvalue weighted by molar-refractivity contribution is -0.146. The lowest BCUT2D eigenvalue weighted by Crippen LogP contribution is -2.52. The van der Waals surface area contributed by atoms with E-state index in [0.29, 0.717) is 34.3 Å². The van der Waals surface area contributed by atoms with Crippen LogP contribution in [0.4, 0.5) is 0 Å². The van der Waals surface area contributed by atoms with Crippen molar-refractivity contribution in [3.8, 4) is 17.2 Å². The molecule has 76 heavy (non-hydrogen) atoms. The largest absolute Gasteiger partial charge is 0.490 e. The monoisotopic (exact) mass is 1070 g/mol. The van der Waals surface area contributed by atoms with Crippen molar-refractivity contribution in [1.82, 2.24) is 4.90 Å². The number of hydrogen-bond acceptors (Lipinski definition) is 7. The van der Waals surface area contributed by atoms with Crippen molar-refractivity contribution >= 4 is 74.1 Å². The number of benzene rings is 6. The van der Waals surface area contributed by atoms with Crippen LogP contribution in [0.15, 0.2) is 97.1 Å². The standard InChI is InChI=1S/C28H36ClNO3.C19H21ClO2.C19H22O2/c1-2-18-6-10-24(11-7-18)33-26-13-9-20-14-19(8-12-25(20)27(26)29)17-30-22-4-3-5-23(30)16-21(15-22)28(31)32;1-2-13-3-7-16(8-4-13)22-18-10-6-15-11-14(12-21)5-9-17(15)19(18)20;1-2-14-4-8-18(9-5-14)21-19-10-7-16-11-15(13-20)3-6-17(16)12-19/h8-9,12-14,18,21-24H,2-7,10-11,15-17H2,1H3,(H,31,32);5-6,9-13,16H,2-4,7-8H2,1H3;3,6-7,10-14,18H,2,4-5,8-9H2,1H3. The number of carbonyl (C=O) groups excluding carboxylic acids is 2. The molecule has 0 amide bonds. The summed E-state index contributed by atoms with van der Waals surface area (Å²) in [7, 11) is 0. The van der Waals surface area contributed by atoms with Crippen LogP contribution in [-0.2, 0) is 11.3 Å². The summed E-state index contributed by atoms with van der Waals surface area (Å²) in [5.41, 5.74) is 2.65. The summed E-state index contributed by atoms with van der Waals surface area (Å²) < 4.78 is 18.6. The van der Waals surface area contributed by atoms with Gasteiger partial charge in [0.1, 0.15) is 29.8 Å². The summed E-state index contributed by atoms with van der Waals surface area (Å²) in [5, 5.41) is 17.2. The molecule has 11 rings (SSSR count). The second kappa shape index (κ2) is 26.5. The molecule has 0 radical (unpaired) electrons. The molecular formula is C66H79Cl2NO7. The maximum atomic E-state index is 11.6. The maximum absolute atomic E-state index is 11.6. The van der Waals surface area contributed by atoms with Gasteiger partial charge in [-0.15, -0.1) is 0 Å². The summed E-state index contributed by atoms with van der Waals surface area (Å²) in [5.74, 6) is 4.31. The number of aliphatic carboxylic acids is 1. The Morgan fingerprint density at radius 1 is 0.526 bits per heavy atom. The van der Waals surface area contributed by atoms with Gasteiger partial charge in [-0.25, -0.2) is 0 Å². The third-order valence-corrected chi connectivity index (χ3v) is 18.7. The van der Waals surface area contributed by atoms with E-state index >= 15 is 0 Å². The molecular weight excluding hydrogens is 990 g/mol. The molecule has 2 atom stereocenters. The third-order valence-electron chi connectivity index (χ3n) is 17.9. The highest BCUT2D eigenvalue weighted by Crippen LogP contribution is 2.41. The number of carbonyl (C=O) groups is 3. The molecule has 2 bridgehead atoms. The van der Waals surface area contributed by atoms with Crippen LogP contribution in [0.1, 0.15) is 175 Å². The van der Waals surface area contributed by atoms with E-state index in [0.717, 1.165) is 143 Å². The van der Waals surface area contributed by atoms with E-state index < -0.39 is 5.97 Å². The first-order valence-electron chi connectivity index (χ1n) is 28.9. The molecule has 2 saturated heterocycles. The molecule has 3 saturated carbocycles. The SMILES string of the molecule is CCC1CCC(Oc2ccc3cc(C=O)ccc3c2)CC1.CCC1CCC(Oc2ccc3cc(C=O)ccc3c2Cl)CC1.CCC1CCC(Oc2ccc3cc(CN4C5CCCC4CC(C(=O)O)C5)ccc3c2Cl)CC1. The van der Waals surface area contributed by atoms with Gasteiger partial charge in [-0.1, -0.05) is 124 Å². The van der Waals surface area contributed by atoms with Gasteiger partial charge in [0.25, 0.3) is 0 Å². The molecule has 3 aliphatic carbocycles. The van der Waals surface area contributed by atoms with Gasteiger partial charge in [0.05, 0.1) is 34.3 Å². The van der Waals surface area contributed by atoms with E-state index in [1.54, 1.807) is 6.07 Å². The average Bonchev–Trinajstić information content (AvgIpc) is 3.46. The summed E-state index contributed by atoms with van der Waals surface area (Å²) in [6.45, 7) is 7.71. The van der Waals surface area contributed by atoms with Gasteiger partial charge >= 0.3 is 5.97 Å². The van der Waals surface area contributed by atoms with Crippen LogP contribution in [0, 0.1) is 23.7 Å². The molecule has 5 aliphatic rings. The molecule has 2 aliphatic heterocycles. The lowest BCUT2D eigenvalue weighted by atomic mass is 9.78. The van der Waals surface area contributed by atoms with E-state index in [2.05, 4.69) is 56.0 Å². The first-order chi connectivity index (χ1) is 37.0. The zero-order chi connectivity index (χ0) is 53.1. The van der Waals surface area contributed by atoms with Crippen molar-refractivity contribution < 1.29 is 33.7 Å². The zero-order valence-electron chi connectivity index (χ0n) is 45.0. The van der Waals surface area contributed by atoms with Gasteiger partial charge in [-0.2, -0.15) is 0 Å². The molecule has 8 nitrogen and oxygen atoms in total. The average molecular weight is 1070 g/mol. The van der Waals surface area contributed by atoms with E-state index in [1.165, 1.54) is 82.6 Å². The van der Waals surface area contributed by atoms with Crippen molar-refractivity contribution in [1.29, 1.82) is 0 Å². The lowest BCUT2D eigenvalue weighted by Gasteiger charge is -2.48. The first kappa shape index (κ1) is 55.6. The van der Waals surface area contributed by atoms with E-state index in [-0.39, 0.29) is 18.1 Å². The number of halogens is 2. The molecule has 2 heterocycles. The Hall–Kier alpha value is -5.15. The van der Waals surface area contributed by atoms with Crippen LogP contribution in [0.2, 0.25) is 10.0 Å². The number of carboxylic acids is 1. The van der Waals surface area contributed by atoms with Gasteiger partial charge in [-0.05, 0) is 190 Å². The van der Waals surface area contributed by atoms with Crippen molar-refractivity contribution in [3.63, 3.8) is 0 Å². The van der Waals surface area contributed by atoms with Crippen LogP contribution < -0.4 is 14.2 Å². The number of nitrogens with zero attached hydrogens (tertiary/aromatic N) is 1. The van der Waals surface area contributed by atoms with Gasteiger partial charge < -0.3 is 19.3 Å². The van der Waals surface area contributed by atoms with Crippen LogP contribution in [-0.4, -0.2) is 58.9 Å². The van der Waals surface area contributed by atoms with Crippen LogP contribution in [0.3, 0.4) is 0 Å². The predicted molar refractivity (Wildman–Crippen MR) is 310 cm³/mol. The Morgan fingerprint density at radius 3 is 1.46 bits per heavy atom. The molecule has 0 aromatic heterocycles. The van der Waals surface area contributed by atoms with Crippen LogP contribution in [0.25, 0.3) is 32.3 Å². The van der Waals surface area contributed by atoms with Crippen LogP contribution in [0.5, 0.6) is 17.2 Å². The minimum Gasteiger partial charge on any atom is -0.490 e. The molecule has 1 N–H and O–H groups in total. The van der Waals surface area contributed by atoms with Crippen molar-refractivity contribution in [3.05, 3.63) is 124 Å². The number of carboxylic acid groups (broad SMARTS) is 1. The highest BCUT2D eigenvalue weighted by molar-refractivity contribution is 6.37. The highest BCUT2D eigenvalue weighted by Gasteiger charge is 2.40. The van der Waals surface area contributed by atoms with Gasteiger partial charge in [-0.3, -0.25) is 19.3 Å². The van der Waals surface area contributed by atoms with Crippen molar-refractivity contribution in [2.45, 2.75) is 186 Å². The molecule has 5 fully saturated rings. The van der Waals surface area contributed by atoms with Crippen LogP contribution >= 0.6 is 23.2 Å². The van der Waals surface area contributed by atoms with Gasteiger partial charge in [0.15, 0.2) is 0 Å². The summed E-state index contributed by atoms with van der Waals surface area (Å²) in [4.78, 5) is 35.8. The normalized spacial score (nSPS) is 25.6. The molecule has 10 heteroatoms. The van der Waals surface area contributed by atoms with E-state index in [1.807, 2.05) is 60.7 Å². The van der Waals surface area contributed by atoms with Gasteiger partial charge in [0.2, 0.25) is 0 Å². The van der Waals surface area contributed by atoms with E-state index in [9.17, 15) is 19.5 Å². The minimum atomic E-state index is -0.622. The molecule has 0 spiro atoms. The zero-order valence-corrected chi connectivity index (χ0v) is 46.5.